The number of aryl methyl sites for hydroxylation is 1. The van der Waals surface area contributed by atoms with Crippen LogP contribution < -0.4 is 10.1 Å². The Morgan fingerprint density at radius 3 is 2.86 bits per heavy atom. The Balaban J connectivity index is 1.72. The van der Waals surface area contributed by atoms with Crippen LogP contribution in [0.25, 0.3) is 0 Å². The van der Waals surface area contributed by atoms with E-state index in [1.807, 2.05) is 0 Å². The largest absolute Gasteiger partial charge is 0.497 e. The summed E-state index contributed by atoms with van der Waals surface area (Å²) < 4.78 is 5.09. The van der Waals surface area contributed by atoms with Crippen LogP contribution in [-0.2, 0) is 12.8 Å². The van der Waals surface area contributed by atoms with Gasteiger partial charge in [-0.25, -0.2) is 4.98 Å². The van der Waals surface area contributed by atoms with Crippen LogP contribution in [-0.4, -0.2) is 18.0 Å². The van der Waals surface area contributed by atoms with Gasteiger partial charge in [0.15, 0.2) is 5.13 Å². The van der Waals surface area contributed by atoms with Gasteiger partial charge in [0.1, 0.15) is 5.75 Å². The van der Waals surface area contributed by atoms with Crippen molar-refractivity contribution in [2.24, 2.45) is 5.92 Å². The summed E-state index contributed by atoms with van der Waals surface area (Å²) in [6, 6.07) is 7.07. The fourth-order valence-electron chi connectivity index (χ4n) is 2.50. The molecule has 0 saturated heterocycles. The van der Waals surface area contributed by atoms with Crippen molar-refractivity contribution in [1.29, 1.82) is 0 Å². The minimum atomic E-state index is -0.128. The van der Waals surface area contributed by atoms with Gasteiger partial charge in [-0.1, -0.05) is 6.92 Å². The van der Waals surface area contributed by atoms with Crippen molar-refractivity contribution in [3.05, 3.63) is 40.4 Å². The number of aromatic nitrogens is 1. The van der Waals surface area contributed by atoms with Gasteiger partial charge in [0.05, 0.1) is 12.8 Å². The molecule has 0 fully saturated rings. The number of methoxy groups -OCH3 is 1. The topological polar surface area (TPSA) is 51.2 Å². The third kappa shape index (κ3) is 3.08. The maximum atomic E-state index is 12.2. The molecule has 0 spiro atoms. The average Bonchev–Trinajstić information content (AvgIpc) is 2.88. The molecule has 0 aliphatic heterocycles. The van der Waals surface area contributed by atoms with Crippen LogP contribution in [0.15, 0.2) is 24.3 Å². The minimum absolute atomic E-state index is 0.128. The third-order valence-corrected chi connectivity index (χ3v) is 4.79. The number of benzene rings is 1. The van der Waals surface area contributed by atoms with Gasteiger partial charge < -0.3 is 4.74 Å². The van der Waals surface area contributed by atoms with E-state index in [4.69, 9.17) is 4.74 Å². The Labute approximate surface area is 128 Å². The molecule has 0 bridgehead atoms. The first kappa shape index (κ1) is 14.1. The van der Waals surface area contributed by atoms with Crippen LogP contribution in [0.5, 0.6) is 5.75 Å². The van der Waals surface area contributed by atoms with Crippen molar-refractivity contribution in [3.63, 3.8) is 0 Å². The zero-order valence-corrected chi connectivity index (χ0v) is 13.0. The van der Waals surface area contributed by atoms with E-state index in [0.29, 0.717) is 16.6 Å². The van der Waals surface area contributed by atoms with Crippen molar-refractivity contribution in [3.8, 4) is 5.75 Å². The Kier molecular flexibility index (Phi) is 3.92. The summed E-state index contributed by atoms with van der Waals surface area (Å²) in [6.07, 6.45) is 3.28. The van der Waals surface area contributed by atoms with Gasteiger partial charge in [-0.05, 0) is 49.4 Å². The maximum absolute atomic E-state index is 12.2. The van der Waals surface area contributed by atoms with Gasteiger partial charge in [-0.3, -0.25) is 10.1 Å². The molecule has 1 aliphatic rings. The molecule has 2 aromatic rings. The number of hydrogen-bond acceptors (Lipinski definition) is 4. The molecule has 0 saturated carbocycles. The second-order valence-electron chi connectivity index (χ2n) is 5.42. The van der Waals surface area contributed by atoms with E-state index < -0.39 is 0 Å². The molecule has 1 amide bonds. The molecule has 1 aromatic heterocycles. The summed E-state index contributed by atoms with van der Waals surface area (Å²) in [5, 5.41) is 3.60. The SMILES string of the molecule is COc1ccc(C(=O)Nc2nc3c(s2)C[C@@H](C)CC3)cc1. The fourth-order valence-corrected chi connectivity index (χ4v) is 3.67. The lowest BCUT2D eigenvalue weighted by Gasteiger charge is -2.15. The number of hydrogen-bond donors (Lipinski definition) is 1. The van der Waals surface area contributed by atoms with Crippen molar-refractivity contribution in [2.45, 2.75) is 26.2 Å². The van der Waals surface area contributed by atoms with Crippen LogP contribution in [0, 0.1) is 5.92 Å². The fraction of sp³-hybridized carbons (Fsp3) is 0.375. The number of carbonyl (C=O) groups excluding carboxylic acids is 1. The standard InChI is InChI=1S/C16H18N2O2S/c1-10-3-8-13-14(9-10)21-16(17-13)18-15(19)11-4-6-12(20-2)7-5-11/h4-7,10H,3,8-9H2,1-2H3,(H,17,18,19)/t10-/m0/s1. The molecular weight excluding hydrogens is 284 g/mol. The van der Waals surface area contributed by atoms with Crippen LogP contribution in [0.4, 0.5) is 5.13 Å². The summed E-state index contributed by atoms with van der Waals surface area (Å²) in [5.74, 6) is 1.32. The molecule has 4 nitrogen and oxygen atoms in total. The Hall–Kier alpha value is -1.88. The number of ether oxygens (including phenoxy) is 1. The highest BCUT2D eigenvalue weighted by Gasteiger charge is 2.20. The minimum Gasteiger partial charge on any atom is -0.497 e. The van der Waals surface area contributed by atoms with Crippen molar-refractivity contribution < 1.29 is 9.53 Å². The number of rotatable bonds is 3. The number of carbonyl (C=O) groups is 1. The van der Waals surface area contributed by atoms with Crippen LogP contribution in [0.2, 0.25) is 0 Å². The average molecular weight is 302 g/mol. The Morgan fingerprint density at radius 1 is 1.38 bits per heavy atom. The van der Waals surface area contributed by atoms with E-state index in [0.717, 1.165) is 24.3 Å². The van der Waals surface area contributed by atoms with Gasteiger partial charge in [0.25, 0.3) is 5.91 Å². The second-order valence-corrected chi connectivity index (χ2v) is 6.50. The van der Waals surface area contributed by atoms with Crippen LogP contribution in [0.1, 0.15) is 34.3 Å². The van der Waals surface area contributed by atoms with E-state index in [1.165, 1.54) is 11.3 Å². The maximum Gasteiger partial charge on any atom is 0.257 e. The monoisotopic (exact) mass is 302 g/mol. The summed E-state index contributed by atoms with van der Waals surface area (Å²) >= 11 is 1.60. The molecule has 110 valence electrons. The van der Waals surface area contributed by atoms with E-state index >= 15 is 0 Å². The number of anilines is 1. The molecule has 0 radical (unpaired) electrons. The molecule has 21 heavy (non-hydrogen) atoms. The zero-order valence-electron chi connectivity index (χ0n) is 12.2. The number of amides is 1. The second kappa shape index (κ2) is 5.85. The number of nitrogens with one attached hydrogen (secondary N) is 1. The van der Waals surface area contributed by atoms with Crippen molar-refractivity contribution in [1.82, 2.24) is 4.98 Å². The molecule has 0 unspecified atom stereocenters. The molecule has 3 rings (SSSR count). The molecule has 1 N–H and O–H groups in total. The first-order chi connectivity index (χ1) is 10.2. The zero-order chi connectivity index (χ0) is 14.8. The first-order valence-electron chi connectivity index (χ1n) is 7.09. The lowest BCUT2D eigenvalue weighted by atomic mass is 9.93. The van der Waals surface area contributed by atoms with E-state index in [9.17, 15) is 4.79 Å². The summed E-state index contributed by atoms with van der Waals surface area (Å²) in [4.78, 5) is 18.1. The highest BCUT2D eigenvalue weighted by Crippen LogP contribution is 2.32. The van der Waals surface area contributed by atoms with Gasteiger partial charge in [-0.15, -0.1) is 11.3 Å². The number of nitrogens with zero attached hydrogens (tertiary/aromatic N) is 1. The summed E-state index contributed by atoms with van der Waals surface area (Å²) in [5.41, 5.74) is 1.76. The molecule has 5 heteroatoms. The van der Waals surface area contributed by atoms with Crippen LogP contribution >= 0.6 is 11.3 Å². The summed E-state index contributed by atoms with van der Waals surface area (Å²) in [7, 11) is 1.61. The normalized spacial score (nSPS) is 17.1. The lowest BCUT2D eigenvalue weighted by molar-refractivity contribution is 0.102. The molecule has 1 atom stereocenters. The summed E-state index contributed by atoms with van der Waals surface area (Å²) in [6.45, 7) is 2.26. The Bertz CT molecular complexity index is 649. The van der Waals surface area contributed by atoms with Gasteiger partial charge in [0.2, 0.25) is 0 Å². The van der Waals surface area contributed by atoms with Gasteiger partial charge >= 0.3 is 0 Å². The van der Waals surface area contributed by atoms with Crippen LogP contribution in [0.3, 0.4) is 0 Å². The lowest BCUT2D eigenvalue weighted by Crippen LogP contribution is -2.11. The van der Waals surface area contributed by atoms with Gasteiger partial charge in [-0.2, -0.15) is 0 Å². The Morgan fingerprint density at radius 2 is 2.14 bits per heavy atom. The molecule has 1 aromatic carbocycles. The van der Waals surface area contributed by atoms with E-state index in [-0.39, 0.29) is 5.91 Å². The smallest absolute Gasteiger partial charge is 0.257 e. The van der Waals surface area contributed by atoms with Crippen molar-refractivity contribution in [2.75, 3.05) is 12.4 Å². The molecule has 1 heterocycles. The number of fused-ring (bicyclic) bond motifs is 1. The van der Waals surface area contributed by atoms with Gasteiger partial charge in [0, 0.05) is 10.4 Å². The van der Waals surface area contributed by atoms with E-state index in [1.54, 1.807) is 42.7 Å². The molecular formula is C16H18N2O2S. The quantitative estimate of drug-likeness (QED) is 0.943. The number of thiazole rings is 1. The van der Waals surface area contributed by atoms with Crippen molar-refractivity contribution >= 4 is 22.4 Å². The molecule has 1 aliphatic carbocycles. The first-order valence-corrected chi connectivity index (χ1v) is 7.91. The predicted octanol–water partition coefficient (Wildman–Crippen LogP) is 3.53. The third-order valence-electron chi connectivity index (χ3n) is 3.76. The highest BCUT2D eigenvalue weighted by atomic mass is 32.1. The predicted molar refractivity (Wildman–Crippen MR) is 84.3 cm³/mol. The van der Waals surface area contributed by atoms with E-state index in [2.05, 4.69) is 17.2 Å². The highest BCUT2D eigenvalue weighted by molar-refractivity contribution is 7.15.